The summed E-state index contributed by atoms with van der Waals surface area (Å²) in [5, 5.41) is 3.78. The van der Waals surface area contributed by atoms with Gasteiger partial charge in [-0.15, -0.1) is 0 Å². The lowest BCUT2D eigenvalue weighted by molar-refractivity contribution is 0.0599. The van der Waals surface area contributed by atoms with Crippen molar-refractivity contribution in [3.8, 4) is 0 Å². The van der Waals surface area contributed by atoms with Crippen molar-refractivity contribution in [3.05, 3.63) is 54.1 Å². The predicted octanol–water partition coefficient (Wildman–Crippen LogP) is 2.81. The highest BCUT2D eigenvalue weighted by atomic mass is 16.2. The Bertz CT molecular complexity index is 761. The second-order valence-corrected chi connectivity index (χ2v) is 8.27. The molecule has 26 heavy (non-hydrogen) atoms. The van der Waals surface area contributed by atoms with Crippen molar-refractivity contribution in [3.63, 3.8) is 0 Å². The van der Waals surface area contributed by atoms with Gasteiger partial charge < -0.3 is 14.8 Å². The molecule has 1 aliphatic heterocycles. The number of benzene rings is 1. The van der Waals surface area contributed by atoms with Gasteiger partial charge in [0.15, 0.2) is 0 Å². The average molecular weight is 352 g/mol. The molecule has 2 fully saturated rings. The first kappa shape index (κ1) is 17.3. The topological polar surface area (TPSA) is 50.2 Å². The third-order valence-corrected chi connectivity index (χ3v) is 5.99. The van der Waals surface area contributed by atoms with Gasteiger partial charge in [0.05, 0.1) is 6.33 Å². The van der Waals surface area contributed by atoms with Crippen LogP contribution in [0, 0.1) is 5.41 Å². The average Bonchev–Trinajstić information content (AvgIpc) is 3.32. The lowest BCUT2D eigenvalue weighted by atomic mass is 9.80. The van der Waals surface area contributed by atoms with E-state index in [0.29, 0.717) is 17.7 Å². The molecule has 1 amide bonds. The van der Waals surface area contributed by atoms with E-state index in [9.17, 15) is 4.79 Å². The molecule has 2 atom stereocenters. The standard InChI is InChI=1S/C21H28N4O/c1-21(14-22-18-12-17(18)16-6-4-3-5-7-16)8-10-25(11-9-21)20(26)19-13-24(2)15-23-19/h3-7,13,15,17-18,22H,8-12,14H2,1-2H3/t17-,18+/m0/s1. The van der Waals surface area contributed by atoms with Gasteiger partial charge in [0.25, 0.3) is 5.91 Å². The van der Waals surface area contributed by atoms with Crippen molar-refractivity contribution in [1.29, 1.82) is 0 Å². The summed E-state index contributed by atoms with van der Waals surface area (Å²) in [6.07, 6.45) is 6.81. The maximum absolute atomic E-state index is 12.5. The summed E-state index contributed by atoms with van der Waals surface area (Å²) in [4.78, 5) is 18.7. The molecule has 1 aromatic heterocycles. The minimum atomic E-state index is 0.0620. The lowest BCUT2D eigenvalue weighted by Gasteiger charge is -2.39. The molecule has 2 aromatic rings. The fourth-order valence-electron chi connectivity index (χ4n) is 3.98. The molecular formula is C21H28N4O. The van der Waals surface area contributed by atoms with Crippen LogP contribution in [0.3, 0.4) is 0 Å². The predicted molar refractivity (Wildman–Crippen MR) is 102 cm³/mol. The van der Waals surface area contributed by atoms with Crippen LogP contribution >= 0.6 is 0 Å². The Labute approximate surface area is 155 Å². The van der Waals surface area contributed by atoms with Gasteiger partial charge in [-0.05, 0) is 30.2 Å². The monoisotopic (exact) mass is 352 g/mol. The van der Waals surface area contributed by atoms with Crippen LogP contribution in [0.25, 0.3) is 0 Å². The molecule has 5 nitrogen and oxygen atoms in total. The van der Waals surface area contributed by atoms with Gasteiger partial charge in [-0.25, -0.2) is 4.98 Å². The van der Waals surface area contributed by atoms with Crippen molar-refractivity contribution in [2.45, 2.75) is 38.1 Å². The summed E-state index contributed by atoms with van der Waals surface area (Å²) in [5.41, 5.74) is 2.27. The highest BCUT2D eigenvalue weighted by Crippen LogP contribution is 2.41. The van der Waals surface area contributed by atoms with Gasteiger partial charge in [-0.2, -0.15) is 0 Å². The van der Waals surface area contributed by atoms with Crippen molar-refractivity contribution in [2.24, 2.45) is 12.5 Å². The first-order valence-corrected chi connectivity index (χ1v) is 9.60. The van der Waals surface area contributed by atoms with E-state index < -0.39 is 0 Å². The zero-order chi connectivity index (χ0) is 18.1. The number of nitrogens with one attached hydrogen (secondary N) is 1. The van der Waals surface area contributed by atoms with Crippen LogP contribution in [0.4, 0.5) is 0 Å². The number of nitrogens with zero attached hydrogens (tertiary/aromatic N) is 3. The van der Waals surface area contributed by atoms with E-state index in [1.807, 2.05) is 16.5 Å². The quantitative estimate of drug-likeness (QED) is 0.900. The minimum Gasteiger partial charge on any atom is -0.340 e. The van der Waals surface area contributed by atoms with Crippen molar-refractivity contribution >= 4 is 5.91 Å². The third kappa shape index (κ3) is 3.68. The Morgan fingerprint density at radius 1 is 1.27 bits per heavy atom. The molecule has 1 N–H and O–H groups in total. The zero-order valence-electron chi connectivity index (χ0n) is 15.7. The number of likely N-dealkylation sites (tertiary alicyclic amines) is 1. The lowest BCUT2D eigenvalue weighted by Crippen LogP contribution is -2.46. The molecule has 0 radical (unpaired) electrons. The van der Waals surface area contributed by atoms with Crippen LogP contribution in [0.1, 0.15) is 48.2 Å². The zero-order valence-corrected chi connectivity index (χ0v) is 15.7. The van der Waals surface area contributed by atoms with Gasteiger partial charge in [0.1, 0.15) is 5.69 Å². The van der Waals surface area contributed by atoms with Crippen LogP contribution in [0.15, 0.2) is 42.9 Å². The van der Waals surface area contributed by atoms with Gasteiger partial charge in [-0.3, -0.25) is 4.79 Å². The smallest absolute Gasteiger partial charge is 0.274 e. The highest BCUT2D eigenvalue weighted by Gasteiger charge is 2.40. The van der Waals surface area contributed by atoms with Crippen LogP contribution in [0.5, 0.6) is 0 Å². The van der Waals surface area contributed by atoms with Crippen LogP contribution in [0.2, 0.25) is 0 Å². The molecule has 5 heteroatoms. The van der Waals surface area contributed by atoms with E-state index >= 15 is 0 Å². The number of carbonyl (C=O) groups excluding carboxylic acids is 1. The summed E-state index contributed by atoms with van der Waals surface area (Å²) in [7, 11) is 1.89. The number of hydrogen-bond acceptors (Lipinski definition) is 3. The summed E-state index contributed by atoms with van der Waals surface area (Å²) in [6.45, 7) is 5.02. The Morgan fingerprint density at radius 3 is 2.65 bits per heavy atom. The fraction of sp³-hybridized carbons (Fsp3) is 0.524. The fourth-order valence-corrected chi connectivity index (χ4v) is 3.98. The summed E-state index contributed by atoms with van der Waals surface area (Å²) >= 11 is 0. The van der Waals surface area contributed by atoms with Crippen molar-refractivity contribution in [2.75, 3.05) is 19.6 Å². The Morgan fingerprint density at radius 2 is 2.00 bits per heavy atom. The first-order chi connectivity index (χ1) is 12.5. The molecule has 1 aliphatic carbocycles. The minimum absolute atomic E-state index is 0.0620. The maximum atomic E-state index is 12.5. The van der Waals surface area contributed by atoms with Crippen LogP contribution < -0.4 is 5.32 Å². The number of rotatable bonds is 5. The molecule has 2 aliphatic rings. The second kappa shape index (κ2) is 6.88. The molecule has 138 valence electrons. The van der Waals surface area contributed by atoms with Gasteiger partial charge >= 0.3 is 0 Å². The summed E-state index contributed by atoms with van der Waals surface area (Å²) in [5.74, 6) is 0.734. The van der Waals surface area contributed by atoms with Gasteiger partial charge in [-0.1, -0.05) is 37.3 Å². The molecule has 1 saturated carbocycles. The number of amides is 1. The largest absolute Gasteiger partial charge is 0.340 e. The molecule has 2 heterocycles. The second-order valence-electron chi connectivity index (χ2n) is 8.27. The molecule has 1 aromatic carbocycles. The van der Waals surface area contributed by atoms with Crippen molar-refractivity contribution in [1.82, 2.24) is 19.8 Å². The molecule has 0 spiro atoms. The molecule has 4 rings (SSSR count). The first-order valence-electron chi connectivity index (χ1n) is 9.60. The normalized spacial score (nSPS) is 24.5. The number of piperidine rings is 1. The Kier molecular flexibility index (Phi) is 4.57. The van der Waals surface area contributed by atoms with E-state index in [4.69, 9.17) is 0 Å². The number of carbonyl (C=O) groups is 1. The van der Waals surface area contributed by atoms with E-state index in [0.717, 1.165) is 32.5 Å². The summed E-state index contributed by atoms with van der Waals surface area (Å²) in [6, 6.07) is 11.4. The van der Waals surface area contributed by atoms with Gasteiger partial charge in [0, 0.05) is 44.8 Å². The van der Waals surface area contributed by atoms with E-state index in [2.05, 4.69) is 47.6 Å². The van der Waals surface area contributed by atoms with E-state index in [-0.39, 0.29) is 11.3 Å². The van der Waals surface area contributed by atoms with E-state index in [1.54, 1.807) is 12.5 Å². The third-order valence-electron chi connectivity index (χ3n) is 5.99. The highest BCUT2D eigenvalue weighted by molar-refractivity contribution is 5.92. The summed E-state index contributed by atoms with van der Waals surface area (Å²) < 4.78 is 1.82. The van der Waals surface area contributed by atoms with Crippen LogP contribution in [-0.4, -0.2) is 46.0 Å². The molecule has 1 saturated heterocycles. The maximum Gasteiger partial charge on any atom is 0.274 e. The number of aryl methyl sites for hydroxylation is 1. The molecule has 0 unspecified atom stereocenters. The number of hydrogen-bond donors (Lipinski definition) is 1. The SMILES string of the molecule is Cn1cnc(C(=O)N2CCC(C)(CN[C@@H]3C[C@H]3c3ccccc3)CC2)c1. The number of imidazole rings is 1. The number of aromatic nitrogens is 2. The van der Waals surface area contributed by atoms with Gasteiger partial charge in [0.2, 0.25) is 0 Å². The molecule has 0 bridgehead atoms. The Hall–Kier alpha value is -2.14. The van der Waals surface area contributed by atoms with Crippen molar-refractivity contribution < 1.29 is 4.79 Å². The molecular weight excluding hydrogens is 324 g/mol. The Balaban J connectivity index is 1.25. The van der Waals surface area contributed by atoms with Crippen LogP contribution in [-0.2, 0) is 7.05 Å². The van der Waals surface area contributed by atoms with E-state index in [1.165, 1.54) is 12.0 Å².